The van der Waals surface area contributed by atoms with E-state index in [1.807, 2.05) is 18.3 Å². The first-order chi connectivity index (χ1) is 18.3. The molecular formula is C32H37N5S. The molecule has 1 fully saturated rings. The average molecular weight is 524 g/mol. The lowest BCUT2D eigenvalue weighted by molar-refractivity contribution is 0.315. The van der Waals surface area contributed by atoms with Gasteiger partial charge < -0.3 is 20.1 Å². The Morgan fingerprint density at radius 3 is 2.32 bits per heavy atom. The van der Waals surface area contributed by atoms with E-state index in [2.05, 4.69) is 109 Å². The van der Waals surface area contributed by atoms with E-state index in [9.17, 15) is 0 Å². The van der Waals surface area contributed by atoms with Crippen LogP contribution in [0.15, 0.2) is 72.9 Å². The molecule has 3 heterocycles. The van der Waals surface area contributed by atoms with Crippen molar-refractivity contribution in [1.29, 1.82) is 0 Å². The second kappa shape index (κ2) is 11.0. The van der Waals surface area contributed by atoms with Crippen LogP contribution >= 0.6 is 12.2 Å². The average Bonchev–Trinajstić information content (AvgIpc) is 3.37. The van der Waals surface area contributed by atoms with Crippen LogP contribution in [0.1, 0.15) is 57.8 Å². The maximum Gasteiger partial charge on any atom is 0.170 e. The number of nitrogens with zero attached hydrogens (tertiary/aromatic N) is 3. The van der Waals surface area contributed by atoms with E-state index in [0.717, 1.165) is 36.0 Å². The van der Waals surface area contributed by atoms with Gasteiger partial charge in [-0.25, -0.2) is 0 Å². The fraction of sp³-hybridized carbons (Fsp3) is 0.312. The molecule has 5 rings (SSSR count). The van der Waals surface area contributed by atoms with Gasteiger partial charge in [0.15, 0.2) is 5.11 Å². The zero-order valence-corrected chi connectivity index (χ0v) is 23.8. The summed E-state index contributed by atoms with van der Waals surface area (Å²) in [7, 11) is 0. The Morgan fingerprint density at radius 2 is 1.63 bits per heavy atom. The number of nitrogens with one attached hydrogen (secondary N) is 2. The highest BCUT2D eigenvalue weighted by Gasteiger charge is 2.41. The van der Waals surface area contributed by atoms with Crippen LogP contribution in [-0.4, -0.2) is 32.7 Å². The molecule has 2 atom stereocenters. The van der Waals surface area contributed by atoms with Gasteiger partial charge in [0, 0.05) is 36.4 Å². The Hall–Kier alpha value is -3.64. The Morgan fingerprint density at radius 1 is 0.921 bits per heavy atom. The fourth-order valence-electron chi connectivity index (χ4n) is 5.98. The third-order valence-electron chi connectivity index (χ3n) is 7.52. The minimum Gasteiger partial charge on any atom is -0.385 e. The van der Waals surface area contributed by atoms with Gasteiger partial charge in [0.05, 0.1) is 23.5 Å². The van der Waals surface area contributed by atoms with Crippen LogP contribution in [0.5, 0.6) is 0 Å². The summed E-state index contributed by atoms with van der Waals surface area (Å²) in [5.41, 5.74) is 11.1. The van der Waals surface area contributed by atoms with Gasteiger partial charge in [-0.05, 0) is 100 Å². The van der Waals surface area contributed by atoms with Crippen LogP contribution in [0.3, 0.4) is 0 Å². The van der Waals surface area contributed by atoms with Crippen LogP contribution in [-0.2, 0) is 0 Å². The number of anilines is 1. The highest BCUT2D eigenvalue weighted by atomic mass is 32.1. The predicted octanol–water partition coefficient (Wildman–Crippen LogP) is 6.89. The van der Waals surface area contributed by atoms with Crippen molar-refractivity contribution in [3.05, 3.63) is 112 Å². The van der Waals surface area contributed by atoms with Crippen LogP contribution < -0.4 is 10.6 Å². The van der Waals surface area contributed by atoms with Crippen molar-refractivity contribution in [3.63, 3.8) is 0 Å². The van der Waals surface area contributed by atoms with Gasteiger partial charge in [-0.2, -0.15) is 0 Å². The van der Waals surface area contributed by atoms with Gasteiger partial charge in [0.2, 0.25) is 0 Å². The Bertz CT molecular complexity index is 1400. The monoisotopic (exact) mass is 523 g/mol. The van der Waals surface area contributed by atoms with E-state index < -0.39 is 0 Å². The molecule has 196 valence electrons. The standard InChI is InChI=1S/C32H37N5S/c1-21-18-22(2)30(23(3)19-21)37-24(4)20-27(25(37)5)31-29(28-14-9-10-15-34-28)35-32(38)36(31)17-11-16-33-26-12-7-6-8-13-26/h6-10,12-15,18-20,29,31,33H,11,16-17H2,1-5H3,(H,35,38)/t29-,31-/m1/s1. The van der Waals surface area contributed by atoms with Crippen molar-refractivity contribution in [1.82, 2.24) is 19.8 Å². The molecule has 4 aromatic rings. The van der Waals surface area contributed by atoms with E-state index in [-0.39, 0.29) is 12.1 Å². The van der Waals surface area contributed by atoms with Gasteiger partial charge >= 0.3 is 0 Å². The van der Waals surface area contributed by atoms with Crippen molar-refractivity contribution < 1.29 is 0 Å². The summed E-state index contributed by atoms with van der Waals surface area (Å²) in [6, 6.07) is 23.4. The number of rotatable bonds is 8. The third-order valence-corrected chi connectivity index (χ3v) is 7.88. The number of thiocarbonyl (C=S) groups is 1. The number of hydrogen-bond acceptors (Lipinski definition) is 3. The summed E-state index contributed by atoms with van der Waals surface area (Å²) in [5, 5.41) is 7.95. The number of aromatic nitrogens is 2. The molecule has 0 radical (unpaired) electrons. The summed E-state index contributed by atoms with van der Waals surface area (Å²) in [5.74, 6) is 0. The second-order valence-electron chi connectivity index (χ2n) is 10.4. The van der Waals surface area contributed by atoms with E-state index in [1.54, 1.807) is 0 Å². The minimum atomic E-state index is -0.0139. The van der Waals surface area contributed by atoms with Gasteiger partial charge in [-0.1, -0.05) is 42.0 Å². The quantitative estimate of drug-likeness (QED) is 0.195. The number of hydrogen-bond donors (Lipinski definition) is 2. The molecule has 0 bridgehead atoms. The minimum absolute atomic E-state index is 0.0139. The maximum atomic E-state index is 5.93. The van der Waals surface area contributed by atoms with Crippen molar-refractivity contribution in [2.75, 3.05) is 18.4 Å². The van der Waals surface area contributed by atoms with Crippen molar-refractivity contribution in [2.45, 2.75) is 53.1 Å². The fourth-order valence-corrected chi connectivity index (χ4v) is 6.31. The van der Waals surface area contributed by atoms with Crippen molar-refractivity contribution in [2.24, 2.45) is 0 Å². The first-order valence-electron chi connectivity index (χ1n) is 13.4. The molecule has 1 aliphatic rings. The largest absolute Gasteiger partial charge is 0.385 e. The SMILES string of the molecule is Cc1cc(C)c(-n2c(C)cc([C@@H]3[C@@H](c4ccccn4)NC(=S)N3CCCNc3ccccc3)c2C)c(C)c1. The smallest absolute Gasteiger partial charge is 0.170 e. The summed E-state index contributed by atoms with van der Waals surface area (Å²) in [6.07, 6.45) is 2.84. The lowest BCUT2D eigenvalue weighted by Crippen LogP contribution is -2.31. The van der Waals surface area contributed by atoms with E-state index in [0.29, 0.717) is 0 Å². The molecule has 0 unspecified atom stereocenters. The topological polar surface area (TPSA) is 45.1 Å². The summed E-state index contributed by atoms with van der Waals surface area (Å²) in [6.45, 7) is 12.8. The number of benzene rings is 2. The molecule has 0 amide bonds. The van der Waals surface area contributed by atoms with Crippen LogP contribution in [0.4, 0.5) is 5.69 Å². The molecule has 5 nitrogen and oxygen atoms in total. The van der Waals surface area contributed by atoms with Crippen molar-refractivity contribution >= 4 is 23.0 Å². The summed E-state index contributed by atoms with van der Waals surface area (Å²) >= 11 is 5.93. The molecule has 2 N–H and O–H groups in total. The second-order valence-corrected chi connectivity index (χ2v) is 10.8. The lowest BCUT2D eigenvalue weighted by Gasteiger charge is -2.28. The van der Waals surface area contributed by atoms with Gasteiger partial charge in [0.25, 0.3) is 0 Å². The van der Waals surface area contributed by atoms with E-state index in [4.69, 9.17) is 17.2 Å². The van der Waals surface area contributed by atoms with Crippen molar-refractivity contribution in [3.8, 4) is 5.69 Å². The number of pyridine rings is 1. The summed E-state index contributed by atoms with van der Waals surface area (Å²) in [4.78, 5) is 7.09. The molecule has 0 saturated carbocycles. The molecule has 0 aliphatic carbocycles. The number of aryl methyl sites for hydroxylation is 4. The van der Waals surface area contributed by atoms with Gasteiger partial charge in [-0.15, -0.1) is 0 Å². The summed E-state index contributed by atoms with van der Waals surface area (Å²) < 4.78 is 2.42. The van der Waals surface area contributed by atoms with Gasteiger partial charge in [0.1, 0.15) is 0 Å². The van der Waals surface area contributed by atoms with Crippen LogP contribution in [0.25, 0.3) is 5.69 Å². The Labute approximate surface area is 231 Å². The molecule has 38 heavy (non-hydrogen) atoms. The zero-order valence-electron chi connectivity index (χ0n) is 23.0. The lowest BCUT2D eigenvalue weighted by atomic mass is 9.96. The highest BCUT2D eigenvalue weighted by Crippen LogP contribution is 2.42. The number of para-hydroxylation sites is 1. The molecule has 6 heteroatoms. The molecule has 2 aromatic carbocycles. The molecule has 2 aromatic heterocycles. The highest BCUT2D eigenvalue weighted by molar-refractivity contribution is 7.80. The maximum absolute atomic E-state index is 5.93. The molecule has 1 saturated heterocycles. The van der Waals surface area contributed by atoms with Crippen LogP contribution in [0.2, 0.25) is 0 Å². The van der Waals surface area contributed by atoms with Gasteiger partial charge in [-0.3, -0.25) is 4.98 Å². The predicted molar refractivity (Wildman–Crippen MR) is 161 cm³/mol. The van der Waals surface area contributed by atoms with Crippen LogP contribution in [0, 0.1) is 34.6 Å². The molecule has 0 spiro atoms. The molecule has 1 aliphatic heterocycles. The van der Waals surface area contributed by atoms with E-state index >= 15 is 0 Å². The normalized spacial score (nSPS) is 17.1. The van der Waals surface area contributed by atoms with E-state index in [1.165, 1.54) is 39.3 Å². The Balaban J connectivity index is 1.49. The first-order valence-corrected chi connectivity index (χ1v) is 13.8. The zero-order chi connectivity index (χ0) is 26.8. The Kier molecular flexibility index (Phi) is 7.52. The third kappa shape index (κ3) is 5.05. The first kappa shape index (κ1) is 26.0. The molecular weight excluding hydrogens is 486 g/mol.